The van der Waals surface area contributed by atoms with E-state index in [4.69, 9.17) is 5.84 Å². The molecule has 0 saturated carbocycles. The third kappa shape index (κ3) is 3.64. The quantitative estimate of drug-likeness (QED) is 0.542. The van der Waals surface area contributed by atoms with E-state index in [2.05, 4.69) is 26.1 Å². The summed E-state index contributed by atoms with van der Waals surface area (Å²) in [5.41, 5.74) is 4.52. The van der Waals surface area contributed by atoms with E-state index in [1.54, 1.807) is 26.0 Å². The van der Waals surface area contributed by atoms with E-state index in [0.717, 1.165) is 9.35 Å². The van der Waals surface area contributed by atoms with Crippen LogP contribution in [0.1, 0.15) is 16.0 Å². The lowest BCUT2D eigenvalue weighted by molar-refractivity contribution is 0.580. The summed E-state index contributed by atoms with van der Waals surface area (Å²) in [5.74, 6) is 5.37. The molecule has 0 atom stereocenters. The number of nitrogens with one attached hydrogen (secondary N) is 2. The maximum atomic E-state index is 12.5. The number of benzene rings is 1. The van der Waals surface area contributed by atoms with Crippen molar-refractivity contribution < 1.29 is 8.42 Å². The minimum Gasteiger partial charge on any atom is -0.324 e. The Hall–Kier alpha value is -0.930. The minimum absolute atomic E-state index is 0.260. The number of anilines is 1. The zero-order valence-electron chi connectivity index (χ0n) is 11.6. The van der Waals surface area contributed by atoms with Crippen LogP contribution >= 0.6 is 27.3 Å². The summed E-state index contributed by atoms with van der Waals surface area (Å²) < 4.78 is 28.6. The molecule has 2 rings (SSSR count). The number of hydrazine groups is 1. The summed E-state index contributed by atoms with van der Waals surface area (Å²) in [6, 6.07) is 5.32. The summed E-state index contributed by atoms with van der Waals surface area (Å²) in [5, 5.41) is 1.91. The van der Waals surface area contributed by atoms with Crippen LogP contribution in [-0.4, -0.2) is 8.42 Å². The molecule has 4 N–H and O–H groups in total. The Bertz CT molecular complexity index is 734. The Balaban J connectivity index is 2.30. The number of nitrogens with two attached hydrogens (primary N) is 1. The lowest BCUT2D eigenvalue weighted by Crippen LogP contribution is -2.24. The Morgan fingerprint density at radius 1 is 1.29 bits per heavy atom. The Morgan fingerprint density at radius 3 is 2.38 bits per heavy atom. The van der Waals surface area contributed by atoms with E-state index < -0.39 is 10.0 Å². The number of hydrogen-bond donors (Lipinski definition) is 3. The molecule has 0 amide bonds. The first-order valence-electron chi connectivity index (χ1n) is 6.14. The molecule has 0 saturated heterocycles. The molecule has 0 bridgehead atoms. The molecule has 0 aliphatic rings. The number of sulfonamides is 1. The zero-order valence-corrected chi connectivity index (χ0v) is 14.8. The van der Waals surface area contributed by atoms with Gasteiger partial charge in [0.05, 0.1) is 4.90 Å². The number of rotatable bonds is 5. The summed E-state index contributed by atoms with van der Waals surface area (Å²) in [4.78, 5) is 1.24. The number of aryl methyl sites for hydroxylation is 2. The van der Waals surface area contributed by atoms with Crippen LogP contribution in [0.4, 0.5) is 5.69 Å². The Kier molecular flexibility index (Phi) is 5.05. The second-order valence-corrected chi connectivity index (χ2v) is 8.16. The topological polar surface area (TPSA) is 84.2 Å². The summed E-state index contributed by atoms with van der Waals surface area (Å²) in [6.07, 6.45) is 0. The molecule has 0 aliphatic heterocycles. The summed E-state index contributed by atoms with van der Waals surface area (Å²) >= 11 is 4.89. The first kappa shape index (κ1) is 16.4. The van der Waals surface area contributed by atoms with Crippen LogP contribution in [0.25, 0.3) is 0 Å². The van der Waals surface area contributed by atoms with Gasteiger partial charge in [-0.15, -0.1) is 11.3 Å². The Morgan fingerprint density at radius 2 is 1.90 bits per heavy atom. The van der Waals surface area contributed by atoms with Crippen molar-refractivity contribution in [3.63, 3.8) is 0 Å². The summed E-state index contributed by atoms with van der Waals surface area (Å²) in [7, 11) is -3.57. The zero-order chi connectivity index (χ0) is 15.6. The molecule has 8 heteroatoms. The van der Waals surface area contributed by atoms with E-state index in [0.29, 0.717) is 21.7 Å². The molecular weight excluding hydrogens is 374 g/mol. The monoisotopic (exact) mass is 389 g/mol. The van der Waals surface area contributed by atoms with Gasteiger partial charge in [0.1, 0.15) is 0 Å². The van der Waals surface area contributed by atoms with E-state index in [1.807, 2.05) is 11.4 Å². The van der Waals surface area contributed by atoms with Crippen LogP contribution in [0.15, 0.2) is 32.9 Å². The first-order chi connectivity index (χ1) is 9.85. The van der Waals surface area contributed by atoms with Gasteiger partial charge in [0.25, 0.3) is 0 Å². The predicted molar refractivity (Wildman–Crippen MR) is 89.8 cm³/mol. The molecule has 1 aromatic carbocycles. The molecule has 1 heterocycles. The smallest absolute Gasteiger partial charge is 0.241 e. The third-order valence-corrected chi connectivity index (χ3v) is 6.64. The van der Waals surface area contributed by atoms with Crippen molar-refractivity contribution in [1.82, 2.24) is 4.72 Å². The molecule has 1 aromatic heterocycles. The van der Waals surface area contributed by atoms with Gasteiger partial charge in [-0.25, -0.2) is 13.1 Å². The van der Waals surface area contributed by atoms with Crippen LogP contribution in [0.3, 0.4) is 0 Å². The van der Waals surface area contributed by atoms with Crippen molar-refractivity contribution in [3.05, 3.63) is 44.1 Å². The molecule has 0 fully saturated rings. The van der Waals surface area contributed by atoms with Crippen LogP contribution < -0.4 is 16.0 Å². The van der Waals surface area contributed by atoms with Crippen molar-refractivity contribution in [1.29, 1.82) is 0 Å². The predicted octanol–water partition coefficient (Wildman–Crippen LogP) is 2.89. The first-order valence-corrected chi connectivity index (χ1v) is 9.30. The highest BCUT2D eigenvalue weighted by Gasteiger charge is 2.20. The van der Waals surface area contributed by atoms with Gasteiger partial charge in [0.15, 0.2) is 0 Å². The molecule has 2 aromatic rings. The molecule has 0 unspecified atom stereocenters. The van der Waals surface area contributed by atoms with Crippen LogP contribution in [0, 0.1) is 13.8 Å². The highest BCUT2D eigenvalue weighted by Crippen LogP contribution is 2.26. The minimum atomic E-state index is -3.57. The van der Waals surface area contributed by atoms with Gasteiger partial charge in [-0.05, 0) is 64.5 Å². The van der Waals surface area contributed by atoms with Crippen molar-refractivity contribution in [2.24, 2.45) is 5.84 Å². The second kappa shape index (κ2) is 6.45. The number of thiophene rings is 1. The van der Waals surface area contributed by atoms with Crippen molar-refractivity contribution in [3.8, 4) is 0 Å². The van der Waals surface area contributed by atoms with Crippen LogP contribution in [0.2, 0.25) is 0 Å². The average molecular weight is 390 g/mol. The Labute approximate surface area is 136 Å². The standard InChI is InChI=1S/C13H16BrN3O2S2/c1-8-5-10(17-15)6-9(2)13(8)21(18,19)16-7-12-11(14)3-4-20-12/h3-6,16-17H,7,15H2,1-2H3. The molecule has 0 radical (unpaired) electrons. The van der Waals surface area contributed by atoms with E-state index >= 15 is 0 Å². The molecule has 0 spiro atoms. The van der Waals surface area contributed by atoms with Crippen molar-refractivity contribution in [2.75, 3.05) is 5.43 Å². The van der Waals surface area contributed by atoms with Gasteiger partial charge in [0, 0.05) is 21.6 Å². The van der Waals surface area contributed by atoms with Gasteiger partial charge in [-0.2, -0.15) is 0 Å². The van der Waals surface area contributed by atoms with Gasteiger partial charge in [-0.3, -0.25) is 5.84 Å². The average Bonchev–Trinajstić information content (AvgIpc) is 2.80. The largest absolute Gasteiger partial charge is 0.324 e. The fourth-order valence-electron chi connectivity index (χ4n) is 2.14. The molecular formula is C13H16BrN3O2S2. The van der Waals surface area contributed by atoms with E-state index in [-0.39, 0.29) is 6.54 Å². The maximum Gasteiger partial charge on any atom is 0.241 e. The lowest BCUT2D eigenvalue weighted by Gasteiger charge is -2.13. The van der Waals surface area contributed by atoms with Crippen LogP contribution in [0.5, 0.6) is 0 Å². The number of halogens is 1. The fourth-order valence-corrected chi connectivity index (χ4v) is 5.11. The van der Waals surface area contributed by atoms with Crippen molar-refractivity contribution >= 4 is 43.0 Å². The van der Waals surface area contributed by atoms with Crippen molar-refractivity contribution in [2.45, 2.75) is 25.3 Å². The highest BCUT2D eigenvalue weighted by molar-refractivity contribution is 9.10. The van der Waals surface area contributed by atoms with Gasteiger partial charge in [0.2, 0.25) is 10.0 Å². The lowest BCUT2D eigenvalue weighted by atomic mass is 10.1. The fraction of sp³-hybridized carbons (Fsp3) is 0.231. The van der Waals surface area contributed by atoms with Gasteiger partial charge >= 0.3 is 0 Å². The number of hydrogen-bond acceptors (Lipinski definition) is 5. The van der Waals surface area contributed by atoms with Gasteiger partial charge in [-0.1, -0.05) is 0 Å². The molecule has 21 heavy (non-hydrogen) atoms. The maximum absolute atomic E-state index is 12.5. The molecule has 0 aliphatic carbocycles. The second-order valence-electron chi connectivity index (χ2n) is 4.60. The van der Waals surface area contributed by atoms with E-state index in [9.17, 15) is 8.42 Å². The van der Waals surface area contributed by atoms with Crippen LogP contribution in [-0.2, 0) is 16.6 Å². The van der Waals surface area contributed by atoms with E-state index in [1.165, 1.54) is 11.3 Å². The van der Waals surface area contributed by atoms with Gasteiger partial charge < -0.3 is 5.43 Å². The highest BCUT2D eigenvalue weighted by atomic mass is 79.9. The third-order valence-electron chi connectivity index (χ3n) is 3.01. The number of nitrogen functional groups attached to an aromatic ring is 1. The molecule has 5 nitrogen and oxygen atoms in total. The normalized spacial score (nSPS) is 11.6. The summed E-state index contributed by atoms with van der Waals surface area (Å²) in [6.45, 7) is 3.77. The SMILES string of the molecule is Cc1cc(NN)cc(C)c1S(=O)(=O)NCc1sccc1Br. The molecule has 114 valence electrons.